The number of carbonyl (C=O) groups is 2. The molecule has 0 radical (unpaired) electrons. The summed E-state index contributed by atoms with van der Waals surface area (Å²) in [6.45, 7) is 1.87. The van der Waals surface area contributed by atoms with Crippen LogP contribution in [0.3, 0.4) is 0 Å². The Balaban J connectivity index is 1.60. The summed E-state index contributed by atoms with van der Waals surface area (Å²) in [6.07, 6.45) is 1.14. The molecular formula is C16H18N4O3. The lowest BCUT2D eigenvalue weighted by atomic mass is 9.80. The van der Waals surface area contributed by atoms with Crippen LogP contribution in [0.25, 0.3) is 5.69 Å². The fourth-order valence-corrected chi connectivity index (χ4v) is 2.71. The van der Waals surface area contributed by atoms with Crippen molar-refractivity contribution in [3.63, 3.8) is 0 Å². The molecule has 1 aromatic carbocycles. The SMILES string of the molecule is Cc1c(CC(=O)NC2CC(C(=O)O)C2)nnn1-c1ccccc1. The Bertz CT molecular complexity index is 720. The van der Waals surface area contributed by atoms with Gasteiger partial charge in [-0.25, -0.2) is 4.68 Å². The highest BCUT2D eigenvalue weighted by atomic mass is 16.4. The molecule has 1 heterocycles. The van der Waals surface area contributed by atoms with Crippen molar-refractivity contribution in [1.82, 2.24) is 20.3 Å². The summed E-state index contributed by atoms with van der Waals surface area (Å²) in [7, 11) is 0. The van der Waals surface area contributed by atoms with E-state index < -0.39 is 5.97 Å². The van der Waals surface area contributed by atoms with Crippen LogP contribution in [0.1, 0.15) is 24.2 Å². The predicted octanol–water partition coefficient (Wildman–Crippen LogP) is 1.10. The van der Waals surface area contributed by atoms with Gasteiger partial charge in [-0.3, -0.25) is 9.59 Å². The van der Waals surface area contributed by atoms with Crippen molar-refractivity contribution in [2.24, 2.45) is 5.92 Å². The minimum absolute atomic E-state index is 0.0481. The molecular weight excluding hydrogens is 296 g/mol. The number of hydrogen-bond donors (Lipinski definition) is 2. The molecule has 1 aliphatic rings. The number of para-hydroxylation sites is 1. The van der Waals surface area contributed by atoms with Crippen molar-refractivity contribution in [3.8, 4) is 5.69 Å². The molecule has 0 unspecified atom stereocenters. The number of aliphatic carboxylic acids is 1. The van der Waals surface area contributed by atoms with Gasteiger partial charge in [-0.2, -0.15) is 0 Å². The lowest BCUT2D eigenvalue weighted by Crippen LogP contribution is -2.47. The Labute approximate surface area is 133 Å². The zero-order chi connectivity index (χ0) is 16.4. The number of carboxylic acids is 1. The van der Waals surface area contributed by atoms with Crippen molar-refractivity contribution >= 4 is 11.9 Å². The van der Waals surface area contributed by atoms with Crippen LogP contribution in [-0.4, -0.2) is 38.0 Å². The Morgan fingerprint density at radius 3 is 2.65 bits per heavy atom. The Kier molecular flexibility index (Phi) is 4.10. The molecule has 1 fully saturated rings. The second-order valence-electron chi connectivity index (χ2n) is 5.82. The van der Waals surface area contributed by atoms with Gasteiger partial charge < -0.3 is 10.4 Å². The van der Waals surface area contributed by atoms with Gasteiger partial charge in [-0.15, -0.1) is 5.10 Å². The van der Waals surface area contributed by atoms with Crippen LogP contribution < -0.4 is 5.32 Å². The van der Waals surface area contributed by atoms with Gasteiger partial charge in [0.05, 0.1) is 29.4 Å². The molecule has 3 rings (SSSR count). The van der Waals surface area contributed by atoms with E-state index in [9.17, 15) is 9.59 Å². The summed E-state index contributed by atoms with van der Waals surface area (Å²) in [4.78, 5) is 22.8. The molecule has 0 spiro atoms. The van der Waals surface area contributed by atoms with Gasteiger partial charge in [-0.1, -0.05) is 23.4 Å². The summed E-state index contributed by atoms with van der Waals surface area (Å²) in [5.41, 5.74) is 2.34. The average Bonchev–Trinajstić information content (AvgIpc) is 2.84. The van der Waals surface area contributed by atoms with E-state index in [4.69, 9.17) is 5.11 Å². The lowest BCUT2D eigenvalue weighted by Gasteiger charge is -2.32. The van der Waals surface area contributed by atoms with Gasteiger partial charge in [0.25, 0.3) is 0 Å². The zero-order valence-corrected chi connectivity index (χ0v) is 12.8. The Morgan fingerprint density at radius 1 is 1.30 bits per heavy atom. The van der Waals surface area contributed by atoms with Crippen molar-refractivity contribution in [3.05, 3.63) is 41.7 Å². The highest BCUT2D eigenvalue weighted by molar-refractivity contribution is 5.79. The molecule has 0 bridgehead atoms. The molecule has 7 heteroatoms. The third kappa shape index (κ3) is 3.23. The normalized spacial score (nSPS) is 19.9. The van der Waals surface area contributed by atoms with Gasteiger partial charge in [0.15, 0.2) is 0 Å². The fraction of sp³-hybridized carbons (Fsp3) is 0.375. The van der Waals surface area contributed by atoms with Gasteiger partial charge in [0, 0.05) is 6.04 Å². The monoisotopic (exact) mass is 314 g/mol. The maximum absolute atomic E-state index is 12.1. The second-order valence-corrected chi connectivity index (χ2v) is 5.82. The van der Waals surface area contributed by atoms with Crippen LogP contribution in [0, 0.1) is 12.8 Å². The third-order valence-corrected chi connectivity index (χ3v) is 4.17. The summed E-state index contributed by atoms with van der Waals surface area (Å²) in [5.74, 6) is -1.28. The fourth-order valence-electron chi connectivity index (χ4n) is 2.71. The van der Waals surface area contributed by atoms with E-state index in [1.807, 2.05) is 37.3 Å². The number of carboxylic acid groups (broad SMARTS) is 1. The predicted molar refractivity (Wildman–Crippen MR) is 82.1 cm³/mol. The molecule has 1 amide bonds. The maximum Gasteiger partial charge on any atom is 0.306 e. The van der Waals surface area contributed by atoms with E-state index in [2.05, 4.69) is 15.6 Å². The first kappa shape index (κ1) is 15.2. The maximum atomic E-state index is 12.1. The summed E-state index contributed by atoms with van der Waals surface area (Å²) in [6, 6.07) is 9.55. The van der Waals surface area contributed by atoms with Crippen molar-refractivity contribution in [2.45, 2.75) is 32.2 Å². The molecule has 0 atom stereocenters. The van der Waals surface area contributed by atoms with Crippen LogP contribution >= 0.6 is 0 Å². The molecule has 23 heavy (non-hydrogen) atoms. The van der Waals surface area contributed by atoms with E-state index in [0.717, 1.165) is 11.4 Å². The van der Waals surface area contributed by atoms with Crippen LogP contribution in [0.5, 0.6) is 0 Å². The van der Waals surface area contributed by atoms with E-state index in [0.29, 0.717) is 18.5 Å². The van der Waals surface area contributed by atoms with Crippen LogP contribution in [0.4, 0.5) is 0 Å². The number of nitrogens with zero attached hydrogens (tertiary/aromatic N) is 3. The summed E-state index contributed by atoms with van der Waals surface area (Å²) >= 11 is 0. The van der Waals surface area contributed by atoms with Crippen LogP contribution in [0.15, 0.2) is 30.3 Å². The number of hydrogen-bond acceptors (Lipinski definition) is 4. The zero-order valence-electron chi connectivity index (χ0n) is 12.8. The Hall–Kier alpha value is -2.70. The second kappa shape index (κ2) is 6.20. The Morgan fingerprint density at radius 2 is 2.00 bits per heavy atom. The molecule has 2 N–H and O–H groups in total. The summed E-state index contributed by atoms with van der Waals surface area (Å²) in [5, 5.41) is 19.9. The standard InChI is InChI=1S/C16H18N4O3/c1-10-14(18-19-20(10)13-5-3-2-4-6-13)9-15(21)17-12-7-11(8-12)16(22)23/h2-6,11-12H,7-9H2,1H3,(H,17,21)(H,22,23). The van der Waals surface area contributed by atoms with E-state index >= 15 is 0 Å². The van der Waals surface area contributed by atoms with Gasteiger partial charge in [0.1, 0.15) is 0 Å². The van der Waals surface area contributed by atoms with Crippen molar-refractivity contribution in [2.75, 3.05) is 0 Å². The first-order valence-corrected chi connectivity index (χ1v) is 7.53. The van der Waals surface area contributed by atoms with Gasteiger partial charge >= 0.3 is 5.97 Å². The summed E-state index contributed by atoms with van der Waals surface area (Å²) < 4.78 is 1.70. The van der Waals surface area contributed by atoms with E-state index in [1.165, 1.54) is 0 Å². The highest BCUT2D eigenvalue weighted by Crippen LogP contribution is 2.27. The van der Waals surface area contributed by atoms with E-state index in [-0.39, 0.29) is 24.3 Å². The topological polar surface area (TPSA) is 97.1 Å². The number of amides is 1. The van der Waals surface area contributed by atoms with Gasteiger partial charge in [-0.05, 0) is 31.9 Å². The van der Waals surface area contributed by atoms with Crippen molar-refractivity contribution in [1.29, 1.82) is 0 Å². The quantitative estimate of drug-likeness (QED) is 0.861. The van der Waals surface area contributed by atoms with Crippen LogP contribution in [0.2, 0.25) is 0 Å². The van der Waals surface area contributed by atoms with Gasteiger partial charge in [0.2, 0.25) is 5.91 Å². The number of rotatable bonds is 5. The van der Waals surface area contributed by atoms with Crippen molar-refractivity contribution < 1.29 is 14.7 Å². The lowest BCUT2D eigenvalue weighted by molar-refractivity contribution is -0.146. The average molecular weight is 314 g/mol. The first-order valence-electron chi connectivity index (χ1n) is 7.53. The minimum Gasteiger partial charge on any atom is -0.481 e. The minimum atomic E-state index is -0.794. The highest BCUT2D eigenvalue weighted by Gasteiger charge is 2.35. The molecule has 1 aliphatic carbocycles. The molecule has 0 aliphatic heterocycles. The first-order chi connectivity index (χ1) is 11.0. The smallest absolute Gasteiger partial charge is 0.306 e. The third-order valence-electron chi connectivity index (χ3n) is 4.17. The number of carbonyl (C=O) groups excluding carboxylic acids is 1. The largest absolute Gasteiger partial charge is 0.481 e. The molecule has 1 aromatic heterocycles. The van der Waals surface area contributed by atoms with E-state index in [1.54, 1.807) is 4.68 Å². The van der Waals surface area contributed by atoms with Crippen LogP contribution in [-0.2, 0) is 16.0 Å². The molecule has 120 valence electrons. The molecule has 7 nitrogen and oxygen atoms in total. The molecule has 2 aromatic rings. The molecule has 0 saturated heterocycles. The number of nitrogens with one attached hydrogen (secondary N) is 1. The number of aromatic nitrogens is 3. The molecule has 1 saturated carbocycles. The number of benzene rings is 1.